The molecule has 0 saturated carbocycles. The molecule has 4 nitrogen and oxygen atoms in total. The molecular formula is C16H16FNO3. The number of carboxylic acids is 1. The van der Waals surface area contributed by atoms with Crippen molar-refractivity contribution in [3.8, 4) is 5.75 Å². The summed E-state index contributed by atoms with van der Waals surface area (Å²) in [6, 6.07) is 11.5. The third-order valence-corrected chi connectivity index (χ3v) is 3.09. The summed E-state index contributed by atoms with van der Waals surface area (Å²) in [4.78, 5) is 11.1. The molecule has 110 valence electrons. The van der Waals surface area contributed by atoms with Crippen molar-refractivity contribution in [1.29, 1.82) is 0 Å². The Morgan fingerprint density at radius 2 is 2.05 bits per heavy atom. The van der Waals surface area contributed by atoms with Gasteiger partial charge in [-0.05, 0) is 36.2 Å². The van der Waals surface area contributed by atoms with Crippen LogP contribution in [0.3, 0.4) is 0 Å². The average Bonchev–Trinajstić information content (AvgIpc) is 2.49. The van der Waals surface area contributed by atoms with Crippen LogP contribution >= 0.6 is 0 Å². The van der Waals surface area contributed by atoms with Gasteiger partial charge in [-0.3, -0.25) is 0 Å². The van der Waals surface area contributed by atoms with Gasteiger partial charge in [0.05, 0.1) is 18.4 Å². The highest BCUT2D eigenvalue weighted by Crippen LogP contribution is 2.20. The van der Waals surface area contributed by atoms with Crippen LogP contribution in [0.5, 0.6) is 5.75 Å². The van der Waals surface area contributed by atoms with Crippen molar-refractivity contribution in [2.24, 2.45) is 0 Å². The number of methoxy groups -OCH3 is 1. The molecule has 21 heavy (non-hydrogen) atoms. The predicted octanol–water partition coefficient (Wildman–Crippen LogP) is 3.19. The number of ether oxygens (including phenoxy) is 1. The van der Waals surface area contributed by atoms with Crippen LogP contribution in [0.15, 0.2) is 42.5 Å². The summed E-state index contributed by atoms with van der Waals surface area (Å²) in [6.45, 7) is 0.425. The SMILES string of the molecule is COc1cccc(CCNc2c(F)cccc2C(=O)O)c1. The molecule has 2 aromatic carbocycles. The van der Waals surface area contributed by atoms with E-state index in [9.17, 15) is 9.18 Å². The highest BCUT2D eigenvalue weighted by molar-refractivity contribution is 5.94. The van der Waals surface area contributed by atoms with E-state index in [1.54, 1.807) is 7.11 Å². The molecule has 0 aliphatic rings. The fraction of sp³-hybridized carbons (Fsp3) is 0.188. The largest absolute Gasteiger partial charge is 0.497 e. The molecule has 2 aromatic rings. The number of benzene rings is 2. The molecule has 0 amide bonds. The van der Waals surface area contributed by atoms with E-state index in [-0.39, 0.29) is 11.3 Å². The number of carbonyl (C=O) groups is 1. The van der Waals surface area contributed by atoms with Gasteiger partial charge in [-0.15, -0.1) is 0 Å². The van der Waals surface area contributed by atoms with E-state index >= 15 is 0 Å². The van der Waals surface area contributed by atoms with Crippen molar-refractivity contribution in [3.63, 3.8) is 0 Å². The maximum Gasteiger partial charge on any atom is 0.337 e. The highest BCUT2D eigenvalue weighted by atomic mass is 19.1. The molecule has 2 N–H and O–H groups in total. The van der Waals surface area contributed by atoms with Crippen LogP contribution < -0.4 is 10.1 Å². The molecule has 0 unspecified atom stereocenters. The van der Waals surface area contributed by atoms with E-state index in [4.69, 9.17) is 9.84 Å². The van der Waals surface area contributed by atoms with Crippen molar-refractivity contribution >= 4 is 11.7 Å². The van der Waals surface area contributed by atoms with Gasteiger partial charge < -0.3 is 15.2 Å². The Balaban J connectivity index is 2.05. The van der Waals surface area contributed by atoms with Gasteiger partial charge in [-0.25, -0.2) is 9.18 Å². The second kappa shape index (κ2) is 6.74. The van der Waals surface area contributed by atoms with E-state index in [1.165, 1.54) is 18.2 Å². The summed E-state index contributed by atoms with van der Waals surface area (Å²) >= 11 is 0. The second-order valence-electron chi connectivity index (χ2n) is 4.50. The van der Waals surface area contributed by atoms with Gasteiger partial charge in [0.1, 0.15) is 11.6 Å². The van der Waals surface area contributed by atoms with E-state index in [0.717, 1.165) is 11.3 Å². The first-order valence-corrected chi connectivity index (χ1v) is 6.50. The Labute approximate surface area is 122 Å². The first kappa shape index (κ1) is 14.8. The van der Waals surface area contributed by atoms with Gasteiger partial charge in [0, 0.05) is 6.54 Å². The number of hydrogen-bond acceptors (Lipinski definition) is 3. The molecular weight excluding hydrogens is 273 g/mol. The van der Waals surface area contributed by atoms with Gasteiger partial charge in [-0.2, -0.15) is 0 Å². The molecule has 0 atom stereocenters. The van der Waals surface area contributed by atoms with E-state index in [1.807, 2.05) is 24.3 Å². The fourth-order valence-electron chi connectivity index (χ4n) is 2.04. The first-order chi connectivity index (χ1) is 10.1. The topological polar surface area (TPSA) is 58.6 Å². The Hall–Kier alpha value is -2.56. The summed E-state index contributed by atoms with van der Waals surface area (Å²) in [6.07, 6.45) is 0.630. The summed E-state index contributed by atoms with van der Waals surface area (Å²) < 4.78 is 18.8. The monoisotopic (exact) mass is 289 g/mol. The minimum atomic E-state index is -1.15. The highest BCUT2D eigenvalue weighted by Gasteiger charge is 2.13. The summed E-state index contributed by atoms with van der Waals surface area (Å²) in [5.41, 5.74) is 0.976. The summed E-state index contributed by atoms with van der Waals surface area (Å²) in [5, 5.41) is 11.9. The van der Waals surface area contributed by atoms with Crippen LogP contribution in [0, 0.1) is 5.82 Å². The molecule has 0 radical (unpaired) electrons. The molecule has 0 bridgehead atoms. The maximum absolute atomic E-state index is 13.7. The van der Waals surface area contributed by atoms with Crippen molar-refractivity contribution in [2.75, 3.05) is 19.0 Å². The Morgan fingerprint density at radius 3 is 2.76 bits per heavy atom. The molecule has 0 heterocycles. The molecule has 0 aromatic heterocycles. The molecule has 0 aliphatic carbocycles. The summed E-state index contributed by atoms with van der Waals surface area (Å²) in [5.74, 6) is -0.969. The number of rotatable bonds is 6. The lowest BCUT2D eigenvalue weighted by Crippen LogP contribution is -2.11. The zero-order chi connectivity index (χ0) is 15.2. The van der Waals surface area contributed by atoms with Gasteiger partial charge in [0.25, 0.3) is 0 Å². The molecule has 0 fully saturated rings. The predicted molar refractivity (Wildman–Crippen MR) is 78.5 cm³/mol. The van der Waals surface area contributed by atoms with Gasteiger partial charge in [0.2, 0.25) is 0 Å². The van der Waals surface area contributed by atoms with Crippen LogP contribution in [0.25, 0.3) is 0 Å². The zero-order valence-corrected chi connectivity index (χ0v) is 11.6. The van der Waals surface area contributed by atoms with Crippen molar-refractivity contribution in [1.82, 2.24) is 0 Å². The van der Waals surface area contributed by atoms with E-state index in [2.05, 4.69) is 5.32 Å². The van der Waals surface area contributed by atoms with Gasteiger partial charge >= 0.3 is 5.97 Å². The van der Waals surface area contributed by atoms with Crippen LogP contribution in [-0.2, 0) is 6.42 Å². The van der Waals surface area contributed by atoms with E-state index in [0.29, 0.717) is 13.0 Å². The van der Waals surface area contributed by atoms with Crippen LogP contribution in [-0.4, -0.2) is 24.7 Å². The van der Waals surface area contributed by atoms with Crippen molar-refractivity contribution < 1.29 is 19.0 Å². The lowest BCUT2D eigenvalue weighted by atomic mass is 10.1. The molecule has 0 spiro atoms. The lowest BCUT2D eigenvalue weighted by molar-refractivity contribution is 0.0697. The fourth-order valence-corrected chi connectivity index (χ4v) is 2.04. The third-order valence-electron chi connectivity index (χ3n) is 3.09. The Morgan fingerprint density at radius 1 is 1.29 bits per heavy atom. The summed E-state index contributed by atoms with van der Waals surface area (Å²) in [7, 11) is 1.59. The lowest BCUT2D eigenvalue weighted by Gasteiger charge is -2.11. The maximum atomic E-state index is 13.7. The number of aromatic carboxylic acids is 1. The normalized spacial score (nSPS) is 10.2. The number of halogens is 1. The first-order valence-electron chi connectivity index (χ1n) is 6.50. The standard InChI is InChI=1S/C16H16FNO3/c1-21-12-5-2-4-11(10-12)8-9-18-15-13(16(19)20)6-3-7-14(15)17/h2-7,10,18H,8-9H2,1H3,(H,19,20). The van der Waals surface area contributed by atoms with Crippen LogP contribution in [0.4, 0.5) is 10.1 Å². The minimum Gasteiger partial charge on any atom is -0.497 e. The number of nitrogens with one attached hydrogen (secondary N) is 1. The van der Waals surface area contributed by atoms with Crippen molar-refractivity contribution in [2.45, 2.75) is 6.42 Å². The van der Waals surface area contributed by atoms with Crippen LogP contribution in [0.2, 0.25) is 0 Å². The van der Waals surface area contributed by atoms with Crippen LogP contribution in [0.1, 0.15) is 15.9 Å². The molecule has 5 heteroatoms. The van der Waals surface area contributed by atoms with Crippen molar-refractivity contribution in [3.05, 3.63) is 59.4 Å². The number of para-hydroxylation sites is 1. The average molecular weight is 289 g/mol. The number of hydrogen-bond donors (Lipinski definition) is 2. The molecule has 2 rings (SSSR count). The Kier molecular flexibility index (Phi) is 4.77. The zero-order valence-electron chi connectivity index (χ0n) is 11.6. The number of anilines is 1. The molecule has 0 saturated heterocycles. The molecule has 0 aliphatic heterocycles. The minimum absolute atomic E-state index is 0.0212. The number of carboxylic acid groups (broad SMARTS) is 1. The smallest absolute Gasteiger partial charge is 0.337 e. The van der Waals surface area contributed by atoms with Gasteiger partial charge in [0.15, 0.2) is 0 Å². The van der Waals surface area contributed by atoms with E-state index < -0.39 is 11.8 Å². The second-order valence-corrected chi connectivity index (χ2v) is 4.50. The van der Waals surface area contributed by atoms with Gasteiger partial charge in [-0.1, -0.05) is 18.2 Å². The quantitative estimate of drug-likeness (QED) is 0.857. The third kappa shape index (κ3) is 3.72. The Bertz CT molecular complexity index is 643.